The van der Waals surface area contributed by atoms with Crippen molar-refractivity contribution in [2.24, 2.45) is 7.05 Å². The number of halogens is 2. The molecule has 2 aromatic rings. The zero-order chi connectivity index (χ0) is 18.9. The Labute approximate surface area is 157 Å². The van der Waals surface area contributed by atoms with Gasteiger partial charge in [-0.2, -0.15) is 17.0 Å². The summed E-state index contributed by atoms with van der Waals surface area (Å²) in [6, 6.07) is 4.31. The lowest BCUT2D eigenvalue weighted by Crippen LogP contribution is -2.46. The van der Waals surface area contributed by atoms with Crippen LogP contribution in [0.1, 0.15) is 30.1 Å². The van der Waals surface area contributed by atoms with Crippen LogP contribution in [0.2, 0.25) is 5.02 Å². The van der Waals surface area contributed by atoms with Crippen LogP contribution in [0.3, 0.4) is 0 Å². The van der Waals surface area contributed by atoms with Gasteiger partial charge in [-0.25, -0.2) is 4.39 Å². The molecule has 1 aliphatic heterocycles. The van der Waals surface area contributed by atoms with Crippen molar-refractivity contribution in [3.8, 4) is 0 Å². The molecule has 1 fully saturated rings. The van der Waals surface area contributed by atoms with Gasteiger partial charge in [-0.15, -0.1) is 10.2 Å². The first-order chi connectivity index (χ1) is 12.3. The van der Waals surface area contributed by atoms with Crippen LogP contribution in [0.15, 0.2) is 24.5 Å². The van der Waals surface area contributed by atoms with Crippen LogP contribution in [0.25, 0.3) is 0 Å². The van der Waals surface area contributed by atoms with Crippen LogP contribution in [0.4, 0.5) is 4.39 Å². The van der Waals surface area contributed by atoms with E-state index >= 15 is 0 Å². The molecule has 1 atom stereocenters. The average molecular weight is 402 g/mol. The highest BCUT2D eigenvalue weighted by atomic mass is 35.5. The van der Waals surface area contributed by atoms with Crippen molar-refractivity contribution in [3.05, 3.63) is 46.8 Å². The Morgan fingerprint density at radius 3 is 2.85 bits per heavy atom. The van der Waals surface area contributed by atoms with Crippen molar-refractivity contribution in [3.63, 3.8) is 0 Å². The van der Waals surface area contributed by atoms with Crippen LogP contribution in [-0.4, -0.2) is 51.9 Å². The van der Waals surface area contributed by atoms with E-state index in [1.54, 1.807) is 12.4 Å². The van der Waals surface area contributed by atoms with Gasteiger partial charge < -0.3 is 4.57 Å². The third kappa shape index (κ3) is 3.75. The fourth-order valence-corrected chi connectivity index (χ4v) is 4.85. The minimum absolute atomic E-state index is 0.0172. The van der Waals surface area contributed by atoms with Crippen LogP contribution in [-0.2, 0) is 23.8 Å². The fraction of sp³-hybridized carbons (Fsp3) is 0.500. The van der Waals surface area contributed by atoms with E-state index in [0.29, 0.717) is 13.1 Å². The maximum Gasteiger partial charge on any atom is 0.282 e. The molecule has 0 amide bonds. The summed E-state index contributed by atoms with van der Waals surface area (Å²) in [6.45, 7) is 0.620. The zero-order valence-electron chi connectivity index (χ0n) is 14.6. The van der Waals surface area contributed by atoms with Crippen LogP contribution in [0.5, 0.6) is 0 Å². The van der Waals surface area contributed by atoms with Gasteiger partial charge in [0.25, 0.3) is 10.2 Å². The number of hydrogen-bond acceptors (Lipinski definition) is 4. The number of hydrogen-bond donors (Lipinski definition) is 0. The summed E-state index contributed by atoms with van der Waals surface area (Å²) in [4.78, 5) is 0. The van der Waals surface area contributed by atoms with Gasteiger partial charge in [0.2, 0.25) is 0 Å². The summed E-state index contributed by atoms with van der Waals surface area (Å²) in [5.41, 5.74) is 0.169. The quantitative estimate of drug-likeness (QED) is 0.769. The highest BCUT2D eigenvalue weighted by Crippen LogP contribution is 2.28. The average Bonchev–Trinajstić information content (AvgIpc) is 3.04. The second-order valence-electron chi connectivity index (χ2n) is 6.46. The summed E-state index contributed by atoms with van der Waals surface area (Å²) < 4.78 is 44.3. The van der Waals surface area contributed by atoms with Crippen molar-refractivity contribution in [1.29, 1.82) is 0 Å². The molecule has 10 heteroatoms. The molecule has 1 saturated heterocycles. The van der Waals surface area contributed by atoms with Gasteiger partial charge >= 0.3 is 0 Å². The molecule has 26 heavy (non-hydrogen) atoms. The second-order valence-corrected chi connectivity index (χ2v) is 8.90. The third-order valence-electron chi connectivity index (χ3n) is 4.66. The van der Waals surface area contributed by atoms with E-state index in [4.69, 9.17) is 11.6 Å². The molecule has 1 aromatic heterocycles. The Kier molecular flexibility index (Phi) is 5.61. The molecule has 1 unspecified atom stereocenters. The molecule has 0 N–H and O–H groups in total. The van der Waals surface area contributed by atoms with E-state index in [0.717, 1.165) is 23.0 Å². The predicted octanol–water partition coefficient (Wildman–Crippen LogP) is 2.16. The molecule has 0 aliphatic carbocycles. The van der Waals surface area contributed by atoms with E-state index in [9.17, 15) is 12.8 Å². The van der Waals surface area contributed by atoms with Gasteiger partial charge in [0.05, 0.1) is 0 Å². The Morgan fingerprint density at radius 2 is 2.19 bits per heavy atom. The number of aromatic nitrogens is 3. The third-order valence-corrected chi connectivity index (χ3v) is 6.91. The van der Waals surface area contributed by atoms with E-state index in [1.165, 1.54) is 23.5 Å². The highest BCUT2D eigenvalue weighted by molar-refractivity contribution is 7.86. The smallest absolute Gasteiger partial charge is 0.282 e. The fourth-order valence-electron chi connectivity index (χ4n) is 3.21. The monoisotopic (exact) mass is 401 g/mol. The predicted molar refractivity (Wildman–Crippen MR) is 96.3 cm³/mol. The SMILES string of the molecule is CN(Cc1c(F)cccc1Cl)S(=O)(=O)N1CCCC(c2nncn2C)C1. The highest BCUT2D eigenvalue weighted by Gasteiger charge is 2.34. The molecule has 0 bridgehead atoms. The summed E-state index contributed by atoms with van der Waals surface area (Å²) >= 11 is 6.02. The minimum Gasteiger partial charge on any atom is -0.320 e. The topological polar surface area (TPSA) is 71.3 Å². The van der Waals surface area contributed by atoms with Crippen molar-refractivity contribution in [1.82, 2.24) is 23.4 Å². The molecule has 1 aromatic carbocycles. The maximum atomic E-state index is 14.0. The Bertz CT molecular complexity index is 868. The summed E-state index contributed by atoms with van der Waals surface area (Å²) in [5, 5.41) is 8.19. The summed E-state index contributed by atoms with van der Waals surface area (Å²) in [7, 11) is -0.470. The van der Waals surface area contributed by atoms with Gasteiger partial charge in [0, 0.05) is 50.2 Å². The van der Waals surface area contributed by atoms with Crippen LogP contribution < -0.4 is 0 Å². The first-order valence-electron chi connectivity index (χ1n) is 8.29. The van der Waals surface area contributed by atoms with Gasteiger partial charge in [0.15, 0.2) is 0 Å². The Morgan fingerprint density at radius 1 is 1.42 bits per heavy atom. The lowest BCUT2D eigenvalue weighted by atomic mass is 9.99. The van der Waals surface area contributed by atoms with E-state index < -0.39 is 16.0 Å². The number of rotatable bonds is 5. The number of benzene rings is 1. The zero-order valence-corrected chi connectivity index (χ0v) is 16.2. The van der Waals surface area contributed by atoms with Crippen LogP contribution >= 0.6 is 11.6 Å². The first-order valence-corrected chi connectivity index (χ1v) is 10.1. The molecule has 0 saturated carbocycles. The lowest BCUT2D eigenvalue weighted by molar-refractivity contribution is 0.283. The molecule has 2 heterocycles. The molecule has 7 nitrogen and oxygen atoms in total. The lowest BCUT2D eigenvalue weighted by Gasteiger charge is -2.34. The van der Waals surface area contributed by atoms with Crippen LogP contribution in [0, 0.1) is 5.82 Å². The maximum absolute atomic E-state index is 14.0. The van der Waals surface area contributed by atoms with Gasteiger partial charge in [0.1, 0.15) is 18.0 Å². The number of nitrogens with zero attached hydrogens (tertiary/aromatic N) is 5. The molecule has 0 radical (unpaired) electrons. The Hall–Kier alpha value is -1.55. The second kappa shape index (κ2) is 7.59. The van der Waals surface area contributed by atoms with Gasteiger partial charge in [-0.05, 0) is 25.0 Å². The van der Waals surface area contributed by atoms with E-state index in [-0.39, 0.29) is 23.0 Å². The van der Waals surface area contributed by atoms with E-state index in [1.807, 2.05) is 11.6 Å². The van der Waals surface area contributed by atoms with Crippen molar-refractivity contribution in [2.45, 2.75) is 25.3 Å². The van der Waals surface area contributed by atoms with Crippen molar-refractivity contribution >= 4 is 21.8 Å². The molecular formula is C16H21ClFN5O2S. The van der Waals surface area contributed by atoms with Crippen molar-refractivity contribution in [2.75, 3.05) is 20.1 Å². The van der Waals surface area contributed by atoms with Crippen molar-refractivity contribution < 1.29 is 12.8 Å². The van der Waals surface area contributed by atoms with Gasteiger partial charge in [-0.3, -0.25) is 0 Å². The molecule has 3 rings (SSSR count). The minimum atomic E-state index is -3.75. The molecular weight excluding hydrogens is 381 g/mol. The molecule has 142 valence electrons. The largest absolute Gasteiger partial charge is 0.320 e. The standard InChI is InChI=1S/C16H21ClFN5O2S/c1-21-11-19-20-16(21)12-5-4-8-23(9-12)26(24,25)22(2)10-13-14(17)6-3-7-15(13)18/h3,6-7,11-12H,4-5,8-10H2,1-2H3. The van der Waals surface area contributed by atoms with Gasteiger partial charge in [-0.1, -0.05) is 17.7 Å². The molecule has 1 aliphatic rings. The summed E-state index contributed by atoms with van der Waals surface area (Å²) in [5.74, 6) is 0.233. The first kappa shape index (κ1) is 19.2. The molecule has 0 spiro atoms. The summed E-state index contributed by atoms with van der Waals surface area (Å²) in [6.07, 6.45) is 3.18. The number of aryl methyl sites for hydroxylation is 1. The normalized spacial score (nSPS) is 19.2. The van der Waals surface area contributed by atoms with E-state index in [2.05, 4.69) is 10.2 Å². The number of piperidine rings is 1. The Balaban J connectivity index is 1.77.